The van der Waals surface area contributed by atoms with Crippen LogP contribution in [0, 0.1) is 5.92 Å². The number of hydrogen-bond donors (Lipinski definition) is 2. The van der Waals surface area contributed by atoms with Gasteiger partial charge in [-0.1, -0.05) is 13.8 Å². The van der Waals surface area contributed by atoms with Gasteiger partial charge < -0.3 is 15.0 Å². The summed E-state index contributed by atoms with van der Waals surface area (Å²) in [6, 6.07) is 1.43. The summed E-state index contributed by atoms with van der Waals surface area (Å²) in [6.45, 7) is 4.47. The third kappa shape index (κ3) is 4.87. The van der Waals surface area contributed by atoms with E-state index in [-0.39, 0.29) is 12.5 Å². The summed E-state index contributed by atoms with van der Waals surface area (Å²) in [7, 11) is 0. The number of nitrogens with zero attached hydrogens (tertiary/aromatic N) is 1. The first-order chi connectivity index (χ1) is 9.93. The van der Waals surface area contributed by atoms with Crippen LogP contribution in [0.1, 0.15) is 26.3 Å². The van der Waals surface area contributed by atoms with E-state index in [1.165, 1.54) is 6.92 Å². The standard InChI is InChI=1S/C14H19F3N2O3/c1-9(2)13(3,22)8-18-11(20)7-19-6-10(14(15,16)17)4-5-12(19)21/h4-6,9,22H,7-8H2,1-3H3,(H,18,20). The van der Waals surface area contributed by atoms with E-state index in [4.69, 9.17) is 0 Å². The normalized spacial score (nSPS) is 14.7. The van der Waals surface area contributed by atoms with E-state index < -0.39 is 35.4 Å². The number of carbonyl (C=O) groups excluding carboxylic acids is 1. The SMILES string of the molecule is CC(C)C(C)(O)CNC(=O)Cn1cc(C(F)(F)F)ccc1=O. The molecule has 2 N–H and O–H groups in total. The molecule has 0 aliphatic carbocycles. The summed E-state index contributed by atoms with van der Waals surface area (Å²) < 4.78 is 38.4. The van der Waals surface area contributed by atoms with Crippen molar-refractivity contribution < 1.29 is 23.1 Å². The summed E-state index contributed by atoms with van der Waals surface area (Å²) in [6.07, 6.45) is -3.99. The number of aliphatic hydroxyl groups is 1. The van der Waals surface area contributed by atoms with Crippen LogP contribution in [0.5, 0.6) is 0 Å². The molecule has 1 atom stereocenters. The van der Waals surface area contributed by atoms with Crippen LogP contribution in [-0.4, -0.2) is 27.7 Å². The maximum Gasteiger partial charge on any atom is 0.417 e. The molecule has 5 nitrogen and oxygen atoms in total. The van der Waals surface area contributed by atoms with Gasteiger partial charge in [0, 0.05) is 18.8 Å². The highest BCUT2D eigenvalue weighted by molar-refractivity contribution is 5.75. The lowest BCUT2D eigenvalue weighted by Gasteiger charge is -2.27. The minimum absolute atomic E-state index is 0.0583. The van der Waals surface area contributed by atoms with Crippen LogP contribution in [0.3, 0.4) is 0 Å². The highest BCUT2D eigenvalue weighted by Crippen LogP contribution is 2.27. The molecule has 0 radical (unpaired) electrons. The van der Waals surface area contributed by atoms with Crippen molar-refractivity contribution in [3.05, 3.63) is 34.2 Å². The zero-order chi connectivity index (χ0) is 17.1. The fourth-order valence-electron chi connectivity index (χ4n) is 1.51. The first kappa shape index (κ1) is 18.2. The van der Waals surface area contributed by atoms with Crippen molar-refractivity contribution in [3.8, 4) is 0 Å². The zero-order valence-corrected chi connectivity index (χ0v) is 12.6. The largest absolute Gasteiger partial charge is 0.417 e. The van der Waals surface area contributed by atoms with Crippen LogP contribution in [0.2, 0.25) is 0 Å². The quantitative estimate of drug-likeness (QED) is 0.861. The predicted molar refractivity (Wildman–Crippen MR) is 74.2 cm³/mol. The van der Waals surface area contributed by atoms with Crippen LogP contribution >= 0.6 is 0 Å². The maximum atomic E-state index is 12.6. The molecule has 0 aliphatic heterocycles. The van der Waals surface area contributed by atoms with Gasteiger partial charge in [-0.15, -0.1) is 0 Å². The lowest BCUT2D eigenvalue weighted by Crippen LogP contribution is -2.45. The Labute approximate surface area is 125 Å². The molecule has 8 heteroatoms. The molecule has 0 saturated heterocycles. The number of rotatable bonds is 5. The van der Waals surface area contributed by atoms with E-state index >= 15 is 0 Å². The first-order valence-corrected chi connectivity index (χ1v) is 6.70. The van der Waals surface area contributed by atoms with E-state index in [1.54, 1.807) is 13.8 Å². The first-order valence-electron chi connectivity index (χ1n) is 6.70. The summed E-state index contributed by atoms with van der Waals surface area (Å²) >= 11 is 0. The molecule has 0 aliphatic rings. The number of alkyl halides is 3. The van der Waals surface area contributed by atoms with Crippen LogP contribution < -0.4 is 10.9 Å². The molecule has 1 rings (SSSR count). The van der Waals surface area contributed by atoms with Crippen molar-refractivity contribution in [2.75, 3.05) is 6.54 Å². The summed E-state index contributed by atoms with van der Waals surface area (Å²) in [5, 5.41) is 12.4. The minimum atomic E-state index is -4.59. The molecule has 0 saturated carbocycles. The molecule has 1 aromatic heterocycles. The van der Waals surface area contributed by atoms with Crippen molar-refractivity contribution in [2.45, 2.75) is 39.1 Å². The van der Waals surface area contributed by atoms with Crippen LogP contribution in [0.4, 0.5) is 13.2 Å². The Hall–Kier alpha value is -1.83. The molecule has 0 aromatic carbocycles. The molecular weight excluding hydrogens is 301 g/mol. The summed E-state index contributed by atoms with van der Waals surface area (Å²) in [5.41, 5.74) is -2.86. The Kier molecular flexibility index (Phi) is 5.39. The van der Waals surface area contributed by atoms with Crippen molar-refractivity contribution in [1.29, 1.82) is 0 Å². The summed E-state index contributed by atoms with van der Waals surface area (Å²) in [4.78, 5) is 23.2. The van der Waals surface area contributed by atoms with E-state index in [0.29, 0.717) is 16.8 Å². The van der Waals surface area contributed by atoms with Crippen molar-refractivity contribution >= 4 is 5.91 Å². The molecule has 1 heterocycles. The number of amides is 1. The number of pyridine rings is 1. The maximum absolute atomic E-state index is 12.6. The van der Waals surface area contributed by atoms with E-state index in [2.05, 4.69) is 5.32 Å². The van der Waals surface area contributed by atoms with Gasteiger partial charge in [0.05, 0.1) is 11.2 Å². The number of aromatic nitrogens is 1. The van der Waals surface area contributed by atoms with Gasteiger partial charge in [0.25, 0.3) is 5.56 Å². The number of halogens is 3. The third-order valence-corrected chi connectivity index (χ3v) is 3.51. The molecule has 22 heavy (non-hydrogen) atoms. The molecule has 1 aromatic rings. The van der Waals surface area contributed by atoms with E-state index in [9.17, 15) is 27.9 Å². The van der Waals surface area contributed by atoms with Crippen molar-refractivity contribution in [2.24, 2.45) is 5.92 Å². The van der Waals surface area contributed by atoms with E-state index in [0.717, 1.165) is 6.07 Å². The van der Waals surface area contributed by atoms with Gasteiger partial charge >= 0.3 is 6.18 Å². The second-order valence-electron chi connectivity index (χ2n) is 5.67. The third-order valence-electron chi connectivity index (χ3n) is 3.51. The molecular formula is C14H19F3N2O3. The number of carbonyl (C=O) groups is 1. The molecule has 1 amide bonds. The molecule has 124 valence electrons. The van der Waals surface area contributed by atoms with Crippen LogP contribution in [-0.2, 0) is 17.5 Å². The Bertz CT molecular complexity index is 592. The minimum Gasteiger partial charge on any atom is -0.388 e. The second kappa shape index (κ2) is 6.51. The molecule has 0 fully saturated rings. The Morgan fingerprint density at radius 3 is 2.45 bits per heavy atom. The zero-order valence-electron chi connectivity index (χ0n) is 12.6. The number of hydrogen-bond acceptors (Lipinski definition) is 3. The Morgan fingerprint density at radius 1 is 1.36 bits per heavy atom. The number of nitrogens with one attached hydrogen (secondary N) is 1. The molecule has 1 unspecified atom stereocenters. The van der Waals surface area contributed by atoms with Crippen LogP contribution in [0.25, 0.3) is 0 Å². The van der Waals surface area contributed by atoms with Gasteiger partial charge in [-0.05, 0) is 18.9 Å². The molecule has 0 bridgehead atoms. The Morgan fingerprint density at radius 2 is 1.95 bits per heavy atom. The van der Waals surface area contributed by atoms with Gasteiger partial charge in [-0.25, -0.2) is 0 Å². The lowest BCUT2D eigenvalue weighted by molar-refractivity contribution is -0.138. The van der Waals surface area contributed by atoms with Crippen molar-refractivity contribution in [1.82, 2.24) is 9.88 Å². The predicted octanol–water partition coefficient (Wildman–Crippen LogP) is 1.39. The monoisotopic (exact) mass is 320 g/mol. The smallest absolute Gasteiger partial charge is 0.388 e. The van der Waals surface area contributed by atoms with Gasteiger partial charge in [-0.3, -0.25) is 9.59 Å². The highest BCUT2D eigenvalue weighted by Gasteiger charge is 2.31. The average Bonchev–Trinajstić information content (AvgIpc) is 2.37. The average molecular weight is 320 g/mol. The fraction of sp³-hybridized carbons (Fsp3) is 0.571. The second-order valence-corrected chi connectivity index (χ2v) is 5.67. The fourth-order valence-corrected chi connectivity index (χ4v) is 1.51. The lowest BCUT2D eigenvalue weighted by atomic mass is 9.92. The van der Waals surface area contributed by atoms with Gasteiger partial charge in [0.15, 0.2) is 0 Å². The van der Waals surface area contributed by atoms with E-state index in [1.807, 2.05) is 0 Å². The van der Waals surface area contributed by atoms with Crippen LogP contribution in [0.15, 0.2) is 23.1 Å². The topological polar surface area (TPSA) is 71.3 Å². The van der Waals surface area contributed by atoms with Gasteiger partial charge in [0.1, 0.15) is 6.54 Å². The van der Waals surface area contributed by atoms with Gasteiger partial charge in [0.2, 0.25) is 5.91 Å². The van der Waals surface area contributed by atoms with Crippen molar-refractivity contribution in [3.63, 3.8) is 0 Å². The Balaban J connectivity index is 2.79. The van der Waals surface area contributed by atoms with Gasteiger partial charge in [-0.2, -0.15) is 13.2 Å². The molecule has 0 spiro atoms. The summed E-state index contributed by atoms with van der Waals surface area (Å²) in [5.74, 6) is -0.772. The highest BCUT2D eigenvalue weighted by atomic mass is 19.4.